The third kappa shape index (κ3) is 2.77. The lowest BCUT2D eigenvalue weighted by Crippen LogP contribution is -2.24. The standard InChI is InChI=1S/C13H18ClN5/c1-8(2)19-12(10(14)7-18-19)11(15-4)13-16-5-9(3)6-17-13/h5-8,11,15H,1-4H3. The molecule has 0 aliphatic rings. The molecule has 0 aliphatic heterocycles. The second-order valence-electron chi connectivity index (χ2n) is 4.76. The highest BCUT2D eigenvalue weighted by atomic mass is 35.5. The van der Waals surface area contributed by atoms with E-state index in [-0.39, 0.29) is 12.1 Å². The number of hydrogen-bond acceptors (Lipinski definition) is 4. The molecule has 5 nitrogen and oxygen atoms in total. The fraction of sp³-hybridized carbons (Fsp3) is 0.462. The summed E-state index contributed by atoms with van der Waals surface area (Å²) < 4.78 is 1.90. The topological polar surface area (TPSA) is 55.6 Å². The van der Waals surface area contributed by atoms with Crippen LogP contribution in [-0.2, 0) is 0 Å². The van der Waals surface area contributed by atoms with Crippen LogP contribution in [0.1, 0.15) is 43.0 Å². The van der Waals surface area contributed by atoms with Crippen LogP contribution in [0.4, 0.5) is 0 Å². The molecule has 2 aromatic rings. The van der Waals surface area contributed by atoms with Crippen molar-refractivity contribution in [1.29, 1.82) is 0 Å². The molecule has 0 fully saturated rings. The first kappa shape index (κ1) is 14.0. The maximum Gasteiger partial charge on any atom is 0.151 e. The van der Waals surface area contributed by atoms with E-state index in [0.29, 0.717) is 10.8 Å². The van der Waals surface area contributed by atoms with Crippen LogP contribution in [0.3, 0.4) is 0 Å². The molecule has 0 aromatic carbocycles. The van der Waals surface area contributed by atoms with Gasteiger partial charge in [-0.05, 0) is 33.4 Å². The lowest BCUT2D eigenvalue weighted by Gasteiger charge is -2.19. The summed E-state index contributed by atoms with van der Waals surface area (Å²) in [5.74, 6) is 0.692. The van der Waals surface area contributed by atoms with E-state index in [2.05, 4.69) is 34.2 Å². The summed E-state index contributed by atoms with van der Waals surface area (Å²) in [6.45, 7) is 6.09. The number of rotatable bonds is 4. The number of halogens is 1. The number of nitrogens with one attached hydrogen (secondary N) is 1. The van der Waals surface area contributed by atoms with Gasteiger partial charge in [-0.15, -0.1) is 0 Å². The summed E-state index contributed by atoms with van der Waals surface area (Å²) in [7, 11) is 1.86. The minimum absolute atomic E-state index is 0.169. The molecular weight excluding hydrogens is 262 g/mol. The molecule has 0 saturated heterocycles. The number of nitrogens with zero attached hydrogens (tertiary/aromatic N) is 4. The first-order valence-electron chi connectivity index (χ1n) is 6.23. The van der Waals surface area contributed by atoms with Gasteiger partial charge in [-0.25, -0.2) is 9.97 Å². The molecule has 0 bridgehead atoms. The SMILES string of the molecule is CNC(c1ncc(C)cn1)c1c(Cl)cnn1C(C)C. The van der Waals surface area contributed by atoms with Crippen molar-refractivity contribution < 1.29 is 0 Å². The van der Waals surface area contributed by atoms with Gasteiger partial charge in [-0.3, -0.25) is 4.68 Å². The van der Waals surface area contributed by atoms with E-state index in [4.69, 9.17) is 11.6 Å². The van der Waals surface area contributed by atoms with E-state index >= 15 is 0 Å². The molecule has 0 spiro atoms. The van der Waals surface area contributed by atoms with Gasteiger partial charge in [0, 0.05) is 18.4 Å². The molecule has 2 aromatic heterocycles. The summed E-state index contributed by atoms with van der Waals surface area (Å²) >= 11 is 6.26. The highest BCUT2D eigenvalue weighted by molar-refractivity contribution is 6.31. The molecule has 2 rings (SSSR count). The Morgan fingerprint density at radius 2 is 1.84 bits per heavy atom. The van der Waals surface area contributed by atoms with Crippen molar-refractivity contribution in [3.05, 3.63) is 40.7 Å². The molecule has 0 radical (unpaired) electrons. The number of hydrogen-bond donors (Lipinski definition) is 1. The lowest BCUT2D eigenvalue weighted by molar-refractivity contribution is 0.477. The zero-order valence-electron chi connectivity index (χ0n) is 11.6. The summed E-state index contributed by atoms with van der Waals surface area (Å²) in [5, 5.41) is 8.14. The van der Waals surface area contributed by atoms with Crippen molar-refractivity contribution >= 4 is 11.6 Å². The van der Waals surface area contributed by atoms with E-state index in [0.717, 1.165) is 11.3 Å². The first-order valence-corrected chi connectivity index (χ1v) is 6.61. The van der Waals surface area contributed by atoms with Crippen LogP contribution in [-0.4, -0.2) is 26.8 Å². The molecule has 19 heavy (non-hydrogen) atoms. The van der Waals surface area contributed by atoms with Gasteiger partial charge < -0.3 is 5.32 Å². The zero-order chi connectivity index (χ0) is 14.0. The predicted molar refractivity (Wildman–Crippen MR) is 75.3 cm³/mol. The van der Waals surface area contributed by atoms with Gasteiger partial charge in [0.1, 0.15) is 6.04 Å². The fourth-order valence-electron chi connectivity index (χ4n) is 1.97. The monoisotopic (exact) mass is 279 g/mol. The first-order chi connectivity index (χ1) is 9.04. The van der Waals surface area contributed by atoms with E-state index in [1.807, 2.05) is 18.7 Å². The fourth-order valence-corrected chi connectivity index (χ4v) is 2.21. The van der Waals surface area contributed by atoms with Crippen LogP contribution in [0, 0.1) is 6.92 Å². The van der Waals surface area contributed by atoms with Gasteiger partial charge in [0.25, 0.3) is 0 Å². The third-order valence-electron chi connectivity index (χ3n) is 2.90. The summed E-state index contributed by atoms with van der Waals surface area (Å²) in [6, 6.07) is 0.0572. The minimum Gasteiger partial charge on any atom is -0.305 e. The molecular formula is C13H18ClN5. The molecule has 1 N–H and O–H groups in total. The van der Waals surface area contributed by atoms with Crippen LogP contribution in [0.5, 0.6) is 0 Å². The van der Waals surface area contributed by atoms with Crippen molar-refractivity contribution in [1.82, 2.24) is 25.1 Å². The molecule has 102 valence electrons. The Morgan fingerprint density at radius 3 is 2.37 bits per heavy atom. The maximum atomic E-state index is 6.26. The van der Waals surface area contributed by atoms with Crippen LogP contribution in [0.2, 0.25) is 5.02 Å². The molecule has 0 saturated carbocycles. The third-order valence-corrected chi connectivity index (χ3v) is 3.19. The molecule has 1 unspecified atom stereocenters. The smallest absolute Gasteiger partial charge is 0.151 e. The molecule has 0 aliphatic carbocycles. The maximum absolute atomic E-state index is 6.26. The second kappa shape index (κ2) is 5.67. The largest absolute Gasteiger partial charge is 0.305 e. The molecule has 2 heterocycles. The molecule has 6 heteroatoms. The Morgan fingerprint density at radius 1 is 1.21 bits per heavy atom. The Bertz CT molecular complexity index is 547. The Balaban J connectivity index is 2.47. The zero-order valence-corrected chi connectivity index (χ0v) is 12.3. The van der Waals surface area contributed by atoms with Gasteiger partial charge in [0.15, 0.2) is 5.82 Å². The van der Waals surface area contributed by atoms with Crippen molar-refractivity contribution in [3.63, 3.8) is 0 Å². The second-order valence-corrected chi connectivity index (χ2v) is 5.16. The molecule has 1 atom stereocenters. The summed E-state index contributed by atoms with van der Waals surface area (Å²) in [5.41, 5.74) is 1.92. The van der Waals surface area contributed by atoms with E-state index in [1.165, 1.54) is 0 Å². The number of aryl methyl sites for hydroxylation is 1. The Labute approximate surface area is 118 Å². The number of aromatic nitrogens is 4. The molecule has 0 amide bonds. The van der Waals surface area contributed by atoms with Gasteiger partial charge in [-0.2, -0.15) is 5.10 Å². The van der Waals surface area contributed by atoms with Crippen LogP contribution >= 0.6 is 11.6 Å². The Kier molecular flexibility index (Phi) is 4.17. The van der Waals surface area contributed by atoms with Gasteiger partial charge in [-0.1, -0.05) is 11.6 Å². The summed E-state index contributed by atoms with van der Waals surface area (Å²) in [6.07, 6.45) is 5.27. The quantitative estimate of drug-likeness (QED) is 0.934. The highest BCUT2D eigenvalue weighted by Crippen LogP contribution is 2.28. The van der Waals surface area contributed by atoms with Crippen molar-refractivity contribution in [2.75, 3.05) is 7.05 Å². The highest BCUT2D eigenvalue weighted by Gasteiger charge is 2.24. The minimum atomic E-state index is -0.169. The summed E-state index contributed by atoms with van der Waals surface area (Å²) in [4.78, 5) is 8.75. The van der Waals surface area contributed by atoms with Crippen molar-refractivity contribution in [2.45, 2.75) is 32.9 Å². The van der Waals surface area contributed by atoms with Crippen LogP contribution in [0.15, 0.2) is 18.6 Å². The van der Waals surface area contributed by atoms with Crippen molar-refractivity contribution in [2.24, 2.45) is 0 Å². The van der Waals surface area contributed by atoms with Crippen LogP contribution < -0.4 is 5.32 Å². The average molecular weight is 280 g/mol. The average Bonchev–Trinajstić information content (AvgIpc) is 2.75. The normalized spacial score (nSPS) is 12.9. The van der Waals surface area contributed by atoms with E-state index in [9.17, 15) is 0 Å². The van der Waals surface area contributed by atoms with Gasteiger partial charge in [0.05, 0.1) is 16.9 Å². The van der Waals surface area contributed by atoms with Gasteiger partial charge in [0.2, 0.25) is 0 Å². The van der Waals surface area contributed by atoms with E-state index < -0.39 is 0 Å². The van der Waals surface area contributed by atoms with E-state index in [1.54, 1.807) is 18.6 Å². The Hall–Kier alpha value is -1.46. The predicted octanol–water partition coefficient (Wildman–Crippen LogP) is 2.52. The lowest BCUT2D eigenvalue weighted by atomic mass is 10.1. The van der Waals surface area contributed by atoms with Crippen LogP contribution in [0.25, 0.3) is 0 Å². The van der Waals surface area contributed by atoms with Gasteiger partial charge >= 0.3 is 0 Å². The van der Waals surface area contributed by atoms with Crippen molar-refractivity contribution in [3.8, 4) is 0 Å².